The van der Waals surface area contributed by atoms with Gasteiger partial charge in [0.15, 0.2) is 0 Å². The highest BCUT2D eigenvalue weighted by Crippen LogP contribution is 2.49. The lowest BCUT2D eigenvalue weighted by molar-refractivity contribution is -0.312. The van der Waals surface area contributed by atoms with Crippen LogP contribution in [0.3, 0.4) is 0 Å². The van der Waals surface area contributed by atoms with Crippen LogP contribution in [0.4, 0.5) is 13.2 Å². The molecule has 0 spiro atoms. The number of hydrogen-bond donors (Lipinski definition) is 1. The fourth-order valence-electron chi connectivity index (χ4n) is 3.40. The SMILES string of the molecule is C[C@@H]1CCC[C@H]2C1=NN(C(=O)c1ccccc1)[C@@]2(O)C(F)(F)F. The predicted molar refractivity (Wildman–Crippen MR) is 77.6 cm³/mol. The summed E-state index contributed by atoms with van der Waals surface area (Å²) in [5, 5.41) is 14.7. The Balaban J connectivity index is 2.07. The highest BCUT2D eigenvalue weighted by atomic mass is 19.4. The molecule has 3 rings (SSSR count). The topological polar surface area (TPSA) is 52.9 Å². The van der Waals surface area contributed by atoms with E-state index in [1.807, 2.05) is 0 Å². The van der Waals surface area contributed by atoms with Crippen molar-refractivity contribution in [2.75, 3.05) is 0 Å². The van der Waals surface area contributed by atoms with Crippen molar-refractivity contribution in [1.29, 1.82) is 0 Å². The fraction of sp³-hybridized carbons (Fsp3) is 0.500. The molecule has 1 fully saturated rings. The van der Waals surface area contributed by atoms with Gasteiger partial charge >= 0.3 is 6.18 Å². The molecule has 0 radical (unpaired) electrons. The number of hydrogen-bond acceptors (Lipinski definition) is 3. The second-order valence-corrected chi connectivity index (χ2v) is 6.12. The van der Waals surface area contributed by atoms with Gasteiger partial charge in [-0.05, 0) is 30.9 Å². The zero-order valence-electron chi connectivity index (χ0n) is 12.5. The summed E-state index contributed by atoms with van der Waals surface area (Å²) in [6.45, 7) is 1.78. The summed E-state index contributed by atoms with van der Waals surface area (Å²) in [7, 11) is 0. The molecule has 1 aromatic rings. The molecule has 1 N–H and O–H groups in total. The molecular weight excluding hydrogens is 309 g/mol. The van der Waals surface area contributed by atoms with E-state index in [1.54, 1.807) is 25.1 Å². The van der Waals surface area contributed by atoms with Crippen molar-refractivity contribution in [2.45, 2.75) is 38.1 Å². The molecule has 7 heteroatoms. The minimum Gasteiger partial charge on any atom is -0.362 e. The van der Waals surface area contributed by atoms with Gasteiger partial charge in [-0.3, -0.25) is 4.79 Å². The Hall–Kier alpha value is -1.89. The smallest absolute Gasteiger partial charge is 0.362 e. The Labute approximate surface area is 131 Å². The second kappa shape index (κ2) is 5.33. The minimum absolute atomic E-state index is 0.0609. The van der Waals surface area contributed by atoms with Crippen LogP contribution < -0.4 is 0 Å². The van der Waals surface area contributed by atoms with Gasteiger partial charge in [-0.2, -0.15) is 23.3 Å². The highest BCUT2D eigenvalue weighted by Gasteiger charge is 2.69. The quantitative estimate of drug-likeness (QED) is 0.862. The van der Waals surface area contributed by atoms with Gasteiger partial charge in [0.1, 0.15) is 0 Å². The maximum Gasteiger partial charge on any atom is 0.439 e. The van der Waals surface area contributed by atoms with Gasteiger partial charge in [0.05, 0.1) is 5.92 Å². The van der Waals surface area contributed by atoms with Crippen LogP contribution in [-0.2, 0) is 0 Å². The molecule has 0 saturated heterocycles. The van der Waals surface area contributed by atoms with E-state index in [2.05, 4.69) is 5.10 Å². The minimum atomic E-state index is -4.98. The summed E-state index contributed by atoms with van der Waals surface area (Å²) in [5.41, 5.74) is -2.95. The number of fused-ring (bicyclic) bond motifs is 1. The molecule has 0 bridgehead atoms. The molecule has 3 atom stereocenters. The number of carbonyl (C=O) groups excluding carboxylic acids is 1. The van der Waals surface area contributed by atoms with Crippen molar-refractivity contribution in [2.24, 2.45) is 16.9 Å². The highest BCUT2D eigenvalue weighted by molar-refractivity contribution is 6.00. The summed E-state index contributed by atoms with van der Waals surface area (Å²) in [6.07, 6.45) is -3.55. The molecule has 1 amide bonds. The lowest BCUT2D eigenvalue weighted by Crippen LogP contribution is -2.61. The van der Waals surface area contributed by atoms with Crippen molar-refractivity contribution < 1.29 is 23.1 Å². The Morgan fingerprint density at radius 3 is 2.57 bits per heavy atom. The first-order chi connectivity index (χ1) is 10.8. The maximum atomic E-state index is 13.7. The lowest BCUT2D eigenvalue weighted by Gasteiger charge is -2.39. The van der Waals surface area contributed by atoms with Crippen molar-refractivity contribution in [3.05, 3.63) is 35.9 Å². The van der Waals surface area contributed by atoms with Crippen LogP contribution in [0.25, 0.3) is 0 Å². The lowest BCUT2D eigenvalue weighted by atomic mass is 9.75. The van der Waals surface area contributed by atoms with E-state index in [0.717, 1.165) is 0 Å². The van der Waals surface area contributed by atoms with E-state index < -0.39 is 23.7 Å². The number of hydrazone groups is 1. The molecule has 4 nitrogen and oxygen atoms in total. The predicted octanol–water partition coefficient (Wildman–Crippen LogP) is 3.19. The van der Waals surface area contributed by atoms with Gasteiger partial charge < -0.3 is 5.11 Å². The Morgan fingerprint density at radius 2 is 1.96 bits per heavy atom. The summed E-state index contributed by atoms with van der Waals surface area (Å²) < 4.78 is 41.0. The first kappa shape index (κ1) is 16.0. The number of amides is 1. The summed E-state index contributed by atoms with van der Waals surface area (Å²) in [6, 6.07) is 7.58. The van der Waals surface area contributed by atoms with Crippen molar-refractivity contribution >= 4 is 11.6 Å². The van der Waals surface area contributed by atoms with E-state index in [4.69, 9.17) is 0 Å². The summed E-state index contributed by atoms with van der Waals surface area (Å²) in [4.78, 5) is 12.5. The van der Waals surface area contributed by atoms with E-state index in [0.29, 0.717) is 12.8 Å². The Morgan fingerprint density at radius 1 is 1.30 bits per heavy atom. The third kappa shape index (κ3) is 2.34. The molecule has 1 aromatic carbocycles. The molecular formula is C16H17F3N2O2. The number of benzene rings is 1. The molecule has 0 unspecified atom stereocenters. The molecule has 23 heavy (non-hydrogen) atoms. The van der Waals surface area contributed by atoms with Crippen LogP contribution >= 0.6 is 0 Å². The fourth-order valence-corrected chi connectivity index (χ4v) is 3.40. The molecule has 124 valence electrons. The number of alkyl halides is 3. The van der Waals surface area contributed by atoms with Gasteiger partial charge in [0, 0.05) is 11.3 Å². The molecule has 2 aliphatic rings. The number of aliphatic hydroxyl groups is 1. The number of halogens is 3. The maximum absolute atomic E-state index is 13.7. The average molecular weight is 326 g/mol. The number of nitrogens with zero attached hydrogens (tertiary/aromatic N) is 2. The molecule has 1 aliphatic heterocycles. The van der Waals surface area contributed by atoms with Crippen LogP contribution in [0.15, 0.2) is 35.4 Å². The van der Waals surface area contributed by atoms with E-state index in [-0.39, 0.29) is 28.6 Å². The molecule has 1 heterocycles. The third-order valence-electron chi connectivity index (χ3n) is 4.65. The van der Waals surface area contributed by atoms with E-state index in [9.17, 15) is 23.1 Å². The van der Waals surface area contributed by atoms with E-state index in [1.165, 1.54) is 12.1 Å². The third-order valence-corrected chi connectivity index (χ3v) is 4.65. The molecule has 1 aliphatic carbocycles. The molecule has 1 saturated carbocycles. The standard InChI is InChI=1S/C16H17F3N2O2/c1-10-6-5-9-12-13(10)20-21(15(12,23)16(17,18)19)14(22)11-7-3-2-4-8-11/h2-4,7-8,10,12,23H,5-6,9H2,1H3/t10-,12+,15+/m1/s1. The van der Waals surface area contributed by atoms with Gasteiger partial charge in [0.2, 0.25) is 0 Å². The second-order valence-electron chi connectivity index (χ2n) is 6.12. The Kier molecular flexibility index (Phi) is 3.71. The first-order valence-corrected chi connectivity index (χ1v) is 7.54. The zero-order chi connectivity index (χ0) is 16.8. The van der Waals surface area contributed by atoms with Crippen molar-refractivity contribution in [1.82, 2.24) is 5.01 Å². The largest absolute Gasteiger partial charge is 0.439 e. The van der Waals surface area contributed by atoms with Crippen LogP contribution in [0, 0.1) is 11.8 Å². The van der Waals surface area contributed by atoms with Crippen LogP contribution in [0.5, 0.6) is 0 Å². The monoisotopic (exact) mass is 326 g/mol. The number of carbonyl (C=O) groups is 1. The van der Waals surface area contributed by atoms with Crippen LogP contribution in [-0.4, -0.2) is 33.6 Å². The molecule has 0 aromatic heterocycles. The first-order valence-electron chi connectivity index (χ1n) is 7.54. The summed E-state index contributed by atoms with van der Waals surface area (Å²) >= 11 is 0. The Bertz CT molecular complexity index is 644. The van der Waals surface area contributed by atoms with Gasteiger partial charge in [0.25, 0.3) is 11.6 Å². The van der Waals surface area contributed by atoms with Crippen LogP contribution in [0.2, 0.25) is 0 Å². The summed E-state index contributed by atoms with van der Waals surface area (Å²) in [5.74, 6) is -2.32. The van der Waals surface area contributed by atoms with Gasteiger partial charge in [-0.1, -0.05) is 31.5 Å². The normalized spacial score (nSPS) is 30.8. The zero-order valence-corrected chi connectivity index (χ0v) is 12.5. The van der Waals surface area contributed by atoms with Crippen LogP contribution in [0.1, 0.15) is 36.5 Å². The van der Waals surface area contributed by atoms with Crippen molar-refractivity contribution in [3.8, 4) is 0 Å². The average Bonchev–Trinajstić information content (AvgIpc) is 2.83. The van der Waals surface area contributed by atoms with Gasteiger partial charge in [-0.25, -0.2) is 0 Å². The number of rotatable bonds is 1. The van der Waals surface area contributed by atoms with E-state index >= 15 is 0 Å². The van der Waals surface area contributed by atoms with Gasteiger partial charge in [-0.15, -0.1) is 0 Å². The van der Waals surface area contributed by atoms with Crippen molar-refractivity contribution in [3.63, 3.8) is 0 Å².